The first kappa shape index (κ1) is 44.6. The van der Waals surface area contributed by atoms with E-state index in [1.165, 1.54) is 6.08 Å². The number of alkyl halides is 9. The van der Waals surface area contributed by atoms with E-state index in [9.17, 15) is 44.6 Å². The maximum atomic E-state index is 14.9. The Balaban J connectivity index is 3.71. The van der Waals surface area contributed by atoms with Gasteiger partial charge in [-0.25, -0.2) is 0 Å². The van der Waals surface area contributed by atoms with Crippen LogP contribution in [-0.2, 0) is 20.2 Å². The molecule has 15 heteroatoms. The zero-order valence-electron chi connectivity index (χ0n) is 29.4. The van der Waals surface area contributed by atoms with Crippen LogP contribution in [0, 0.1) is 0 Å². The van der Waals surface area contributed by atoms with Crippen molar-refractivity contribution in [1.29, 1.82) is 0 Å². The fourth-order valence-corrected chi connectivity index (χ4v) is 10.8. The van der Waals surface area contributed by atoms with E-state index in [1.54, 1.807) is 52.0 Å². The minimum atomic E-state index is -6.97. The molecule has 280 valence electrons. The van der Waals surface area contributed by atoms with Crippen LogP contribution in [-0.4, -0.2) is 70.6 Å². The van der Waals surface area contributed by atoms with Gasteiger partial charge in [0.2, 0.25) is 0 Å². The third kappa shape index (κ3) is 10.8. The van der Waals surface area contributed by atoms with Gasteiger partial charge in [-0.05, 0) is 47.2 Å². The van der Waals surface area contributed by atoms with E-state index in [4.69, 9.17) is 13.6 Å². The molecule has 0 aliphatic heterocycles. The second-order valence-electron chi connectivity index (χ2n) is 14.6. The molecule has 0 amide bonds. The van der Waals surface area contributed by atoms with Gasteiger partial charge in [0, 0.05) is 12.8 Å². The highest BCUT2D eigenvalue weighted by Gasteiger charge is 2.81. The molecule has 1 aromatic rings. The van der Waals surface area contributed by atoms with Gasteiger partial charge in [0.25, 0.3) is 0 Å². The van der Waals surface area contributed by atoms with Crippen LogP contribution in [0.25, 0.3) is 0 Å². The fourth-order valence-electron chi connectivity index (χ4n) is 5.16. The minimum absolute atomic E-state index is 0.0168. The van der Waals surface area contributed by atoms with Crippen LogP contribution in [0.5, 0.6) is 0 Å². The van der Waals surface area contributed by atoms with Crippen LogP contribution < -0.4 is 0 Å². The van der Waals surface area contributed by atoms with Crippen LogP contribution in [0.1, 0.15) is 73.3 Å². The summed E-state index contributed by atoms with van der Waals surface area (Å²) in [5.41, 5.74) is -0.407. The predicted molar refractivity (Wildman–Crippen MR) is 175 cm³/mol. The summed E-state index contributed by atoms with van der Waals surface area (Å²) < 4.78 is 144. The number of rotatable bonds is 20. The number of hydrogen-bond acceptors (Lipinski definition) is 4. The maximum Gasteiger partial charge on any atom is 0.460 e. The lowest BCUT2D eigenvalue weighted by atomic mass is 10.0. The third-order valence-electron chi connectivity index (χ3n) is 9.44. The zero-order chi connectivity index (χ0) is 37.6. The lowest BCUT2D eigenvalue weighted by Gasteiger charge is -2.46. The van der Waals surface area contributed by atoms with Crippen molar-refractivity contribution >= 4 is 16.6 Å². The molecule has 0 heterocycles. The van der Waals surface area contributed by atoms with Crippen LogP contribution in [0.3, 0.4) is 0 Å². The van der Waals surface area contributed by atoms with E-state index < -0.39 is 82.4 Å². The van der Waals surface area contributed by atoms with E-state index in [0.717, 1.165) is 5.56 Å². The predicted octanol–water partition coefficient (Wildman–Crippen LogP) is 10.9. The van der Waals surface area contributed by atoms with Gasteiger partial charge >= 0.3 is 23.9 Å². The molecular weight excluding hydrogens is 688 g/mol. The Morgan fingerprint density at radius 1 is 0.833 bits per heavy atom. The first-order valence-electron chi connectivity index (χ1n) is 16.1. The molecule has 1 N–H and O–H groups in total. The summed E-state index contributed by atoms with van der Waals surface area (Å²) in [6.45, 7) is 19.9. The molecule has 4 nitrogen and oxygen atoms in total. The highest BCUT2D eigenvalue weighted by atomic mass is 28.4. The molecule has 48 heavy (non-hydrogen) atoms. The molecule has 1 rings (SSSR count). The van der Waals surface area contributed by atoms with Gasteiger partial charge in [-0.2, -0.15) is 39.5 Å². The second-order valence-corrected chi connectivity index (χ2v) is 24.4. The van der Waals surface area contributed by atoms with Gasteiger partial charge in [-0.15, -0.1) is 6.58 Å². The van der Waals surface area contributed by atoms with Crippen molar-refractivity contribution < 1.29 is 58.2 Å². The first-order chi connectivity index (χ1) is 21.6. The van der Waals surface area contributed by atoms with Gasteiger partial charge in [0.1, 0.15) is 0 Å². The number of aliphatic hydroxyl groups is 1. The molecule has 0 aliphatic rings. The van der Waals surface area contributed by atoms with Crippen LogP contribution in [0.15, 0.2) is 43.0 Å². The van der Waals surface area contributed by atoms with Crippen molar-refractivity contribution in [3.05, 3.63) is 48.6 Å². The average Bonchev–Trinajstić information content (AvgIpc) is 2.94. The Kier molecular flexibility index (Phi) is 15.6. The van der Waals surface area contributed by atoms with Crippen molar-refractivity contribution in [2.45, 2.75) is 152 Å². The largest absolute Gasteiger partial charge is 0.460 e. The molecule has 0 aliphatic carbocycles. The molecule has 0 aromatic heterocycles. The summed E-state index contributed by atoms with van der Waals surface area (Å²) in [5.74, 6) is -19.4. The highest BCUT2D eigenvalue weighted by molar-refractivity contribution is 6.76. The second kappa shape index (κ2) is 16.7. The van der Waals surface area contributed by atoms with Crippen LogP contribution in [0.4, 0.5) is 39.5 Å². The smallest absolute Gasteiger partial charge is 0.414 e. The molecular formula is C33H53F9O4Si2. The molecule has 0 radical (unpaired) electrons. The Hall–Kier alpha value is -1.40. The number of hydrogen-bond donors (Lipinski definition) is 1. The lowest BCUT2D eigenvalue weighted by molar-refractivity contribution is -0.396. The summed E-state index contributed by atoms with van der Waals surface area (Å²) in [6, 6.07) is 8.14. The van der Waals surface area contributed by atoms with Gasteiger partial charge in [0.15, 0.2) is 16.6 Å². The number of aliphatic hydroxyl groups excluding tert-OH is 1. The molecule has 0 bridgehead atoms. The number of ether oxygens (including phenoxy) is 1. The number of benzene rings is 1. The average molecular weight is 741 g/mol. The lowest BCUT2D eigenvalue weighted by Crippen LogP contribution is -2.61. The maximum absolute atomic E-state index is 14.9. The van der Waals surface area contributed by atoms with Crippen LogP contribution >= 0.6 is 0 Å². The van der Waals surface area contributed by atoms with Crippen molar-refractivity contribution in [3.8, 4) is 0 Å². The Labute approximate surface area is 281 Å². The van der Waals surface area contributed by atoms with E-state index in [-0.39, 0.29) is 31.1 Å². The van der Waals surface area contributed by atoms with Crippen molar-refractivity contribution in [1.82, 2.24) is 0 Å². The highest BCUT2D eigenvalue weighted by Crippen LogP contribution is 2.55. The monoisotopic (exact) mass is 740 g/mol. The summed E-state index contributed by atoms with van der Waals surface area (Å²) in [4.78, 5) is 0. The minimum Gasteiger partial charge on any atom is -0.414 e. The number of halogens is 9. The van der Waals surface area contributed by atoms with Crippen molar-refractivity contribution in [2.24, 2.45) is 0 Å². The molecule has 0 unspecified atom stereocenters. The zero-order valence-corrected chi connectivity index (χ0v) is 31.4. The molecule has 0 saturated heterocycles. The van der Waals surface area contributed by atoms with E-state index in [2.05, 4.69) is 6.58 Å². The molecule has 3 atom stereocenters. The Morgan fingerprint density at radius 2 is 1.35 bits per heavy atom. The van der Waals surface area contributed by atoms with Crippen molar-refractivity contribution in [2.75, 3.05) is 6.61 Å². The van der Waals surface area contributed by atoms with Gasteiger partial charge in [-0.3, -0.25) is 0 Å². The van der Waals surface area contributed by atoms with Crippen LogP contribution in [0.2, 0.25) is 35.3 Å². The molecule has 0 fully saturated rings. The van der Waals surface area contributed by atoms with E-state index in [0.29, 0.717) is 0 Å². The van der Waals surface area contributed by atoms with Gasteiger partial charge in [-0.1, -0.05) is 84.9 Å². The molecule has 0 spiro atoms. The van der Waals surface area contributed by atoms with Gasteiger partial charge in [0.05, 0.1) is 31.5 Å². The quantitative estimate of drug-likeness (QED) is 0.0822. The Bertz CT molecular complexity index is 1120. The summed E-state index contributed by atoms with van der Waals surface area (Å²) in [7, 11) is -6.28. The fraction of sp³-hybridized carbons (Fsp3) is 0.758. The SMILES string of the molecule is C=CC[C@@H](O)C[C@@H](OCc1ccccc1)[C@@H](CO[Si](C)(C)C(C)(C)C)O[Si](CCC(F)(F)C(F)(F)C(F)(F)C(F)(F)F)(C(C)C)C(C)C. The first-order valence-corrected chi connectivity index (χ1v) is 21.2. The summed E-state index contributed by atoms with van der Waals surface area (Å²) >= 11 is 0. The van der Waals surface area contributed by atoms with E-state index >= 15 is 0 Å². The normalized spacial score (nSPS) is 16.4. The van der Waals surface area contributed by atoms with Crippen molar-refractivity contribution in [3.63, 3.8) is 0 Å². The summed E-state index contributed by atoms with van der Waals surface area (Å²) in [5, 5.41) is 10.5. The van der Waals surface area contributed by atoms with E-state index in [1.807, 2.05) is 39.9 Å². The Morgan fingerprint density at radius 3 is 1.79 bits per heavy atom. The molecule has 0 saturated carbocycles. The standard InChI is InChI=1S/C33H53F9O4Si2/c1-11-15-26(43)20-27(44-21-25-16-13-12-14-17-25)28(22-45-47(9,10)29(6,7)8)46-48(23(2)3,24(4)5)19-18-30(34,35)31(36,37)32(38,39)33(40,41)42/h11-14,16-17,23-24,26-28,43H,1,15,18-22H2,2-10H3/t26-,27-,28-/m1/s1. The van der Waals surface area contributed by atoms with Gasteiger partial charge < -0.3 is 18.7 Å². The summed E-state index contributed by atoms with van der Waals surface area (Å²) in [6.07, 6.45) is -10.2. The molecule has 1 aromatic carbocycles. The third-order valence-corrected chi connectivity index (χ3v) is 19.6. The topological polar surface area (TPSA) is 47.9 Å².